The summed E-state index contributed by atoms with van der Waals surface area (Å²) in [7, 11) is 1.31. The Labute approximate surface area is 130 Å². The molecule has 1 unspecified atom stereocenters. The van der Waals surface area contributed by atoms with E-state index in [1.54, 1.807) is 0 Å². The predicted octanol–water partition coefficient (Wildman–Crippen LogP) is 1.53. The van der Waals surface area contributed by atoms with Crippen LogP contribution in [0.25, 0.3) is 0 Å². The summed E-state index contributed by atoms with van der Waals surface area (Å²) in [6.45, 7) is 0.675. The molecule has 0 spiro atoms. The lowest BCUT2D eigenvalue weighted by atomic mass is 10.2. The van der Waals surface area contributed by atoms with Gasteiger partial charge in [0.2, 0.25) is 5.82 Å². The predicted molar refractivity (Wildman–Crippen MR) is 77.4 cm³/mol. The first-order valence-corrected chi connectivity index (χ1v) is 6.78. The van der Waals surface area contributed by atoms with Gasteiger partial charge < -0.3 is 24.8 Å². The summed E-state index contributed by atoms with van der Waals surface area (Å²) < 4.78 is 24.1. The van der Waals surface area contributed by atoms with Crippen LogP contribution in [0.2, 0.25) is 0 Å². The van der Waals surface area contributed by atoms with Gasteiger partial charge in [-0.05, 0) is 12.1 Å². The van der Waals surface area contributed by atoms with Gasteiger partial charge in [0, 0.05) is 13.1 Å². The van der Waals surface area contributed by atoms with Gasteiger partial charge >= 0.3 is 11.8 Å². The van der Waals surface area contributed by atoms with E-state index in [1.165, 1.54) is 18.1 Å². The molecular formula is C13H16FN3O6. The van der Waals surface area contributed by atoms with Crippen LogP contribution in [0, 0.1) is 15.9 Å². The highest BCUT2D eigenvalue weighted by Gasteiger charge is 2.27. The normalized spacial score (nSPS) is 17.7. The van der Waals surface area contributed by atoms with Crippen molar-refractivity contribution in [3.63, 3.8) is 0 Å². The number of nitro groups is 1. The number of morpholine rings is 1. The van der Waals surface area contributed by atoms with E-state index in [2.05, 4.69) is 5.32 Å². The minimum Gasteiger partial charge on any atom is -0.494 e. The fraction of sp³-hybridized carbons (Fsp3) is 0.462. The molecule has 126 valence electrons. The molecule has 1 saturated heterocycles. The Balaban J connectivity index is 2.15. The number of nitro benzene ring substituents is 1. The number of amides is 1. The van der Waals surface area contributed by atoms with Crippen LogP contribution in [-0.4, -0.2) is 60.5 Å². The summed E-state index contributed by atoms with van der Waals surface area (Å²) in [5, 5.41) is 22.8. The summed E-state index contributed by atoms with van der Waals surface area (Å²) in [6, 6.07) is 2.22. The number of ether oxygens (including phenoxy) is 2. The van der Waals surface area contributed by atoms with Gasteiger partial charge in [-0.2, -0.15) is 4.39 Å². The van der Waals surface area contributed by atoms with Crippen molar-refractivity contribution in [2.45, 2.75) is 6.10 Å². The van der Waals surface area contributed by atoms with Crippen molar-refractivity contribution in [3.05, 3.63) is 28.1 Å². The maximum absolute atomic E-state index is 13.7. The molecule has 10 heteroatoms. The maximum Gasteiger partial charge on any atom is 0.407 e. The first-order valence-electron chi connectivity index (χ1n) is 6.78. The molecule has 1 heterocycles. The molecule has 0 saturated carbocycles. The fourth-order valence-electron chi connectivity index (χ4n) is 2.30. The van der Waals surface area contributed by atoms with Gasteiger partial charge in [0.1, 0.15) is 5.75 Å². The molecule has 2 N–H and O–H groups in total. The first kappa shape index (κ1) is 16.7. The molecule has 0 radical (unpaired) electrons. The molecule has 1 aromatic rings. The van der Waals surface area contributed by atoms with Crippen LogP contribution in [0.5, 0.6) is 5.75 Å². The van der Waals surface area contributed by atoms with Gasteiger partial charge in [0.25, 0.3) is 0 Å². The molecule has 1 aromatic carbocycles. The van der Waals surface area contributed by atoms with Crippen molar-refractivity contribution in [2.75, 3.05) is 38.7 Å². The van der Waals surface area contributed by atoms with E-state index in [1.807, 2.05) is 0 Å². The number of nitrogens with zero attached hydrogens (tertiary/aromatic N) is 2. The van der Waals surface area contributed by atoms with E-state index in [4.69, 9.17) is 14.6 Å². The van der Waals surface area contributed by atoms with Crippen LogP contribution < -0.4 is 10.1 Å². The van der Waals surface area contributed by atoms with E-state index in [0.29, 0.717) is 0 Å². The zero-order chi connectivity index (χ0) is 17.0. The Morgan fingerprint density at radius 2 is 2.39 bits per heavy atom. The van der Waals surface area contributed by atoms with Crippen LogP contribution in [0.1, 0.15) is 0 Å². The SMILES string of the molecule is COc1ccc(F)c([N+](=O)[O-])c1NCC1CN(C(=O)O)CCO1. The second kappa shape index (κ2) is 7.09. The van der Waals surface area contributed by atoms with Crippen LogP contribution in [0.4, 0.5) is 20.6 Å². The topological polar surface area (TPSA) is 114 Å². The van der Waals surface area contributed by atoms with Crippen molar-refractivity contribution in [1.29, 1.82) is 0 Å². The Morgan fingerprint density at radius 1 is 1.65 bits per heavy atom. The second-order valence-corrected chi connectivity index (χ2v) is 4.83. The lowest BCUT2D eigenvalue weighted by molar-refractivity contribution is -0.386. The third-order valence-electron chi connectivity index (χ3n) is 3.41. The van der Waals surface area contributed by atoms with Crippen molar-refractivity contribution in [2.24, 2.45) is 0 Å². The fourth-order valence-corrected chi connectivity index (χ4v) is 2.30. The third-order valence-corrected chi connectivity index (χ3v) is 3.41. The van der Waals surface area contributed by atoms with Crippen molar-refractivity contribution in [1.82, 2.24) is 4.90 Å². The Morgan fingerprint density at radius 3 is 3.00 bits per heavy atom. The van der Waals surface area contributed by atoms with Gasteiger partial charge in [-0.15, -0.1) is 0 Å². The van der Waals surface area contributed by atoms with Gasteiger partial charge in [-0.3, -0.25) is 10.1 Å². The summed E-state index contributed by atoms with van der Waals surface area (Å²) in [6.07, 6.45) is -1.57. The smallest absolute Gasteiger partial charge is 0.407 e. The highest BCUT2D eigenvalue weighted by atomic mass is 19.1. The van der Waals surface area contributed by atoms with Gasteiger partial charge in [0.05, 0.1) is 31.3 Å². The van der Waals surface area contributed by atoms with Crippen molar-refractivity contribution in [3.8, 4) is 5.75 Å². The van der Waals surface area contributed by atoms with Crippen molar-refractivity contribution >= 4 is 17.5 Å². The molecule has 2 rings (SSSR count). The zero-order valence-corrected chi connectivity index (χ0v) is 12.3. The number of nitrogens with one attached hydrogen (secondary N) is 1. The quantitative estimate of drug-likeness (QED) is 0.622. The van der Waals surface area contributed by atoms with Gasteiger partial charge in [-0.1, -0.05) is 0 Å². The van der Waals surface area contributed by atoms with E-state index >= 15 is 0 Å². The van der Waals surface area contributed by atoms with Gasteiger partial charge in [0.15, 0.2) is 5.69 Å². The second-order valence-electron chi connectivity index (χ2n) is 4.83. The number of methoxy groups -OCH3 is 1. The molecule has 1 atom stereocenters. The van der Waals surface area contributed by atoms with E-state index in [-0.39, 0.29) is 37.7 Å². The van der Waals surface area contributed by atoms with Gasteiger partial charge in [-0.25, -0.2) is 4.79 Å². The lowest BCUT2D eigenvalue weighted by Crippen LogP contribution is -2.47. The number of rotatable bonds is 5. The molecular weight excluding hydrogens is 313 g/mol. The molecule has 1 aliphatic heterocycles. The molecule has 1 aliphatic rings. The zero-order valence-electron chi connectivity index (χ0n) is 12.3. The molecule has 0 bridgehead atoms. The highest BCUT2D eigenvalue weighted by molar-refractivity contribution is 5.70. The van der Waals surface area contributed by atoms with Crippen LogP contribution in [-0.2, 0) is 4.74 Å². The number of hydrogen-bond donors (Lipinski definition) is 2. The highest BCUT2D eigenvalue weighted by Crippen LogP contribution is 2.36. The van der Waals surface area contributed by atoms with E-state index in [0.717, 1.165) is 6.07 Å². The molecule has 9 nitrogen and oxygen atoms in total. The maximum atomic E-state index is 13.7. The molecule has 23 heavy (non-hydrogen) atoms. The number of hydrogen-bond acceptors (Lipinski definition) is 6. The van der Waals surface area contributed by atoms with Crippen LogP contribution in [0.3, 0.4) is 0 Å². The molecule has 0 aromatic heterocycles. The average molecular weight is 329 g/mol. The Hall–Kier alpha value is -2.62. The minimum absolute atomic E-state index is 0.0738. The number of anilines is 1. The Kier molecular flexibility index (Phi) is 5.16. The lowest BCUT2D eigenvalue weighted by Gasteiger charge is -2.31. The largest absolute Gasteiger partial charge is 0.494 e. The molecule has 0 aliphatic carbocycles. The molecule has 1 amide bonds. The average Bonchev–Trinajstić information content (AvgIpc) is 2.52. The standard InChI is InChI=1S/C13H16FN3O6/c1-22-10-3-2-9(14)12(17(20)21)11(10)15-6-8-7-16(13(18)19)4-5-23-8/h2-3,8,15H,4-7H2,1H3,(H,18,19). The monoisotopic (exact) mass is 329 g/mol. The summed E-state index contributed by atoms with van der Waals surface area (Å²) in [4.78, 5) is 22.4. The van der Waals surface area contributed by atoms with Crippen LogP contribution in [0.15, 0.2) is 12.1 Å². The number of carbonyl (C=O) groups is 1. The summed E-state index contributed by atoms with van der Waals surface area (Å²) in [5.74, 6) is -0.876. The summed E-state index contributed by atoms with van der Waals surface area (Å²) >= 11 is 0. The van der Waals surface area contributed by atoms with E-state index in [9.17, 15) is 19.3 Å². The molecule has 1 fully saturated rings. The third kappa shape index (κ3) is 3.77. The number of benzene rings is 1. The van der Waals surface area contributed by atoms with E-state index < -0.39 is 28.6 Å². The first-order chi connectivity index (χ1) is 10.9. The van der Waals surface area contributed by atoms with Crippen LogP contribution >= 0.6 is 0 Å². The number of carboxylic acid groups (broad SMARTS) is 1. The summed E-state index contributed by atoms with van der Waals surface area (Å²) in [5.41, 5.74) is -0.830. The Bertz CT molecular complexity index is 612. The number of halogens is 1. The minimum atomic E-state index is -1.06. The van der Waals surface area contributed by atoms with Crippen molar-refractivity contribution < 1.29 is 28.7 Å².